The Balaban J connectivity index is 1.37. The quantitative estimate of drug-likeness (QED) is 0.195. The highest BCUT2D eigenvalue weighted by Gasteiger charge is 2.22. The van der Waals surface area contributed by atoms with Gasteiger partial charge >= 0.3 is 0 Å². The number of aromatic nitrogens is 3. The fourth-order valence-electron chi connectivity index (χ4n) is 6.19. The maximum Gasteiger partial charge on any atom is 0.200 e. The van der Waals surface area contributed by atoms with E-state index in [1.54, 1.807) is 0 Å². The molecule has 0 aliphatic heterocycles. The highest BCUT2D eigenvalue weighted by atomic mass is 16.3. The third-order valence-corrected chi connectivity index (χ3v) is 8.57. The zero-order valence-corrected chi connectivity index (χ0v) is 26.6. The van der Waals surface area contributed by atoms with Crippen LogP contribution in [0.4, 0.5) is 0 Å². The molecule has 0 fully saturated rings. The average Bonchev–Trinajstić information content (AvgIpc) is 3.56. The van der Waals surface area contributed by atoms with E-state index in [9.17, 15) is 0 Å². The third-order valence-electron chi connectivity index (χ3n) is 8.57. The first-order chi connectivity index (χ1) is 22.9. The molecule has 0 radical (unpaired) electrons. The van der Waals surface area contributed by atoms with Crippen LogP contribution in [0.1, 0.15) is 26.7 Å². The van der Waals surface area contributed by atoms with Crippen LogP contribution in [0.2, 0.25) is 0 Å². The van der Waals surface area contributed by atoms with Crippen molar-refractivity contribution in [3.63, 3.8) is 0 Å². The van der Waals surface area contributed by atoms with Gasteiger partial charge in [-0.2, -0.15) is 0 Å². The summed E-state index contributed by atoms with van der Waals surface area (Å²) in [7, 11) is 0. The van der Waals surface area contributed by atoms with Crippen molar-refractivity contribution in [2.75, 3.05) is 0 Å². The summed E-state index contributed by atoms with van der Waals surface area (Å²) in [5.41, 5.74) is 10.7. The van der Waals surface area contributed by atoms with Crippen LogP contribution in [0.25, 0.3) is 78.0 Å². The van der Waals surface area contributed by atoms with Crippen molar-refractivity contribution in [1.29, 1.82) is 0 Å². The summed E-state index contributed by atoms with van der Waals surface area (Å²) in [6.45, 7) is 6.36. The Morgan fingerprint density at radius 2 is 1.11 bits per heavy atom. The molecule has 2 heterocycles. The highest BCUT2D eigenvalue weighted by molar-refractivity contribution is 6.07. The van der Waals surface area contributed by atoms with Crippen LogP contribution >= 0.6 is 0 Å². The van der Waals surface area contributed by atoms with Crippen LogP contribution in [-0.2, 0) is 5.41 Å². The molecule has 0 unspecified atom stereocenters. The Morgan fingerprint density at radius 3 is 1.79 bits per heavy atom. The smallest absolute Gasteiger partial charge is 0.200 e. The lowest BCUT2D eigenvalue weighted by Crippen LogP contribution is -2.10. The summed E-state index contributed by atoms with van der Waals surface area (Å²) in [5, 5.41) is 2.33. The molecule has 0 bridgehead atoms. The summed E-state index contributed by atoms with van der Waals surface area (Å²) in [4.78, 5) is 15.2. The summed E-state index contributed by atoms with van der Waals surface area (Å²) in [6.07, 6.45) is 0. The number of nitrogens with zero attached hydrogens (tertiary/aromatic N) is 3. The van der Waals surface area contributed by atoms with Crippen LogP contribution in [-0.4, -0.2) is 15.0 Å². The van der Waals surface area contributed by atoms with E-state index < -0.39 is 0 Å². The van der Waals surface area contributed by atoms with Crippen molar-refractivity contribution < 1.29 is 4.42 Å². The first-order valence-corrected chi connectivity index (χ1v) is 16.0. The predicted molar refractivity (Wildman–Crippen MR) is 193 cm³/mol. The van der Waals surface area contributed by atoms with Gasteiger partial charge in [-0.25, -0.2) is 15.0 Å². The molecule has 4 nitrogen and oxygen atoms in total. The molecule has 6 aromatic carbocycles. The Hall–Kier alpha value is -5.87. The second-order valence-electron chi connectivity index (χ2n) is 12.9. The van der Waals surface area contributed by atoms with Crippen molar-refractivity contribution in [1.82, 2.24) is 15.0 Å². The van der Waals surface area contributed by atoms with E-state index in [1.165, 1.54) is 5.39 Å². The normalized spacial score (nSPS) is 11.7. The van der Waals surface area contributed by atoms with Crippen molar-refractivity contribution in [2.24, 2.45) is 0 Å². The number of benzene rings is 6. The van der Waals surface area contributed by atoms with Crippen molar-refractivity contribution in [2.45, 2.75) is 26.2 Å². The Bertz CT molecular complexity index is 2330. The van der Waals surface area contributed by atoms with E-state index in [-0.39, 0.29) is 5.41 Å². The molecule has 0 aliphatic carbocycles. The lowest BCUT2D eigenvalue weighted by atomic mass is 9.87. The van der Waals surface area contributed by atoms with E-state index in [4.69, 9.17) is 19.4 Å². The largest absolute Gasteiger partial charge is 0.440 e. The predicted octanol–water partition coefficient (Wildman–Crippen LogP) is 11.4. The molecule has 226 valence electrons. The van der Waals surface area contributed by atoms with E-state index in [0.29, 0.717) is 5.82 Å². The molecule has 0 atom stereocenters. The van der Waals surface area contributed by atoms with Gasteiger partial charge in [-0.05, 0) is 51.2 Å². The zero-order valence-electron chi connectivity index (χ0n) is 26.6. The molecule has 0 saturated carbocycles. The second kappa shape index (κ2) is 11.5. The maximum absolute atomic E-state index is 6.30. The number of rotatable bonds is 5. The standard InChI is InChI=1S/C43H33N3O/c1-43(2,3)42-46-36-25-23-31(26-39(36)47-42)33-24-22-28-14-10-11-19-32(28)40(33)34-20-12-13-21-35(34)41-44-37(29-15-6-4-7-16-29)27-38(45-41)30-17-8-5-9-18-30/h4-27H,1-3H3. The summed E-state index contributed by atoms with van der Waals surface area (Å²) in [5.74, 6) is 1.42. The monoisotopic (exact) mass is 607 g/mol. The number of oxazole rings is 1. The third kappa shape index (κ3) is 5.38. The molecule has 8 rings (SSSR count). The fourth-order valence-corrected chi connectivity index (χ4v) is 6.19. The first kappa shape index (κ1) is 28.6. The molecular formula is C43H33N3O. The lowest BCUT2D eigenvalue weighted by molar-refractivity contribution is 0.411. The molecule has 2 aromatic heterocycles. The van der Waals surface area contributed by atoms with Crippen molar-refractivity contribution >= 4 is 21.9 Å². The molecule has 0 aliphatic rings. The molecule has 0 saturated heterocycles. The molecule has 8 aromatic rings. The van der Waals surface area contributed by atoms with E-state index in [0.717, 1.165) is 72.7 Å². The molecule has 4 heteroatoms. The zero-order chi connectivity index (χ0) is 32.0. The Kier molecular flexibility index (Phi) is 6.99. The molecule has 0 spiro atoms. The summed E-state index contributed by atoms with van der Waals surface area (Å²) >= 11 is 0. The minimum absolute atomic E-state index is 0.181. The van der Waals surface area contributed by atoms with Gasteiger partial charge in [-0.1, -0.05) is 148 Å². The van der Waals surface area contributed by atoms with Gasteiger partial charge in [0.25, 0.3) is 0 Å². The second-order valence-corrected chi connectivity index (χ2v) is 12.9. The van der Waals surface area contributed by atoms with Crippen molar-refractivity contribution in [3.05, 3.63) is 151 Å². The van der Waals surface area contributed by atoms with Gasteiger partial charge in [-0.15, -0.1) is 0 Å². The molecule has 47 heavy (non-hydrogen) atoms. The van der Waals surface area contributed by atoms with Gasteiger partial charge in [0.2, 0.25) is 5.89 Å². The number of hydrogen-bond acceptors (Lipinski definition) is 4. The SMILES string of the molecule is CC(C)(C)c1nc2ccc(-c3ccc4ccccc4c3-c3ccccc3-c3nc(-c4ccccc4)cc(-c4ccccc4)n3)cc2o1. The maximum atomic E-state index is 6.30. The first-order valence-electron chi connectivity index (χ1n) is 16.0. The fraction of sp³-hybridized carbons (Fsp3) is 0.0930. The van der Waals surface area contributed by atoms with Crippen LogP contribution in [0.5, 0.6) is 0 Å². The number of fused-ring (bicyclic) bond motifs is 2. The minimum Gasteiger partial charge on any atom is -0.440 e. The highest BCUT2D eigenvalue weighted by Crippen LogP contribution is 2.43. The molecular weight excluding hydrogens is 574 g/mol. The van der Waals surface area contributed by atoms with Crippen molar-refractivity contribution in [3.8, 4) is 56.2 Å². The van der Waals surface area contributed by atoms with Gasteiger partial charge in [0, 0.05) is 22.1 Å². The number of hydrogen-bond donors (Lipinski definition) is 0. The van der Waals surface area contributed by atoms with E-state index in [1.807, 2.05) is 36.4 Å². The Morgan fingerprint density at radius 1 is 0.489 bits per heavy atom. The van der Waals surface area contributed by atoms with Gasteiger partial charge in [0.15, 0.2) is 11.4 Å². The van der Waals surface area contributed by atoms with Crippen LogP contribution in [0, 0.1) is 0 Å². The summed E-state index contributed by atoms with van der Waals surface area (Å²) < 4.78 is 6.30. The van der Waals surface area contributed by atoms with Gasteiger partial charge in [0.05, 0.1) is 11.4 Å². The minimum atomic E-state index is -0.181. The van der Waals surface area contributed by atoms with Gasteiger partial charge < -0.3 is 4.42 Å². The van der Waals surface area contributed by atoms with Gasteiger partial charge in [0.1, 0.15) is 5.52 Å². The average molecular weight is 608 g/mol. The summed E-state index contributed by atoms with van der Waals surface area (Å²) in [6, 6.07) is 50.5. The van der Waals surface area contributed by atoms with Crippen LogP contribution in [0.3, 0.4) is 0 Å². The van der Waals surface area contributed by atoms with Crippen LogP contribution in [0.15, 0.2) is 150 Å². The van der Waals surface area contributed by atoms with E-state index in [2.05, 4.69) is 130 Å². The van der Waals surface area contributed by atoms with Gasteiger partial charge in [-0.3, -0.25) is 0 Å². The van der Waals surface area contributed by atoms with E-state index >= 15 is 0 Å². The Labute approximate surface area is 274 Å². The molecule has 0 amide bonds. The molecule has 0 N–H and O–H groups in total. The topological polar surface area (TPSA) is 51.8 Å². The van der Waals surface area contributed by atoms with Crippen LogP contribution < -0.4 is 0 Å². The lowest BCUT2D eigenvalue weighted by Gasteiger charge is -2.18.